The van der Waals surface area contributed by atoms with Gasteiger partial charge in [0.2, 0.25) is 0 Å². The second-order valence-electron chi connectivity index (χ2n) is 6.68. The van der Waals surface area contributed by atoms with Crippen LogP contribution in [0.4, 0.5) is 0 Å². The fraction of sp³-hybridized carbons (Fsp3) is 0.667. The molecule has 1 saturated heterocycles. The van der Waals surface area contributed by atoms with Gasteiger partial charge in [-0.25, -0.2) is 0 Å². The first-order chi connectivity index (χ1) is 10.1. The van der Waals surface area contributed by atoms with Crippen LogP contribution < -0.4 is 4.74 Å². The van der Waals surface area contributed by atoms with E-state index in [-0.39, 0.29) is 11.7 Å². The predicted octanol–water partition coefficient (Wildman–Crippen LogP) is 3.92. The minimum Gasteiger partial charge on any atom is -0.491 e. The Bertz CT molecular complexity index is 489. The number of aliphatic hydroxyl groups excluding tert-OH is 1. The number of aliphatic hydroxyl groups is 1. The monoisotopic (exact) mass is 290 g/mol. The Balaban J connectivity index is 1.56. The molecule has 2 fully saturated rings. The first-order valence-electron chi connectivity index (χ1n) is 8.17. The molecule has 0 amide bonds. The molecular weight excluding hydrogens is 264 g/mol. The van der Waals surface area contributed by atoms with E-state index >= 15 is 0 Å². The zero-order valence-corrected chi connectivity index (χ0v) is 13.1. The fourth-order valence-electron chi connectivity index (χ4n) is 3.68. The van der Waals surface area contributed by atoms with E-state index in [0.29, 0.717) is 6.61 Å². The molecule has 1 aromatic carbocycles. The van der Waals surface area contributed by atoms with Crippen molar-refractivity contribution < 1.29 is 14.6 Å². The molecule has 1 aromatic rings. The molecule has 0 aromatic heterocycles. The van der Waals surface area contributed by atoms with E-state index in [1.165, 1.54) is 32.1 Å². The number of ether oxygens (including phenoxy) is 2. The van der Waals surface area contributed by atoms with Gasteiger partial charge < -0.3 is 14.6 Å². The summed E-state index contributed by atoms with van der Waals surface area (Å²) in [5.74, 6) is 0.898. The first-order valence-corrected chi connectivity index (χ1v) is 8.17. The van der Waals surface area contributed by atoms with Gasteiger partial charge in [0.15, 0.2) is 0 Å². The summed E-state index contributed by atoms with van der Waals surface area (Å²) in [5, 5.41) is 9.60. The molecule has 0 bridgehead atoms. The summed E-state index contributed by atoms with van der Waals surface area (Å²) in [5.41, 5.74) is 2.18. The molecular formula is C18H26O3. The number of benzene rings is 1. The highest BCUT2D eigenvalue weighted by Gasteiger charge is 2.42. The normalized spacial score (nSPS) is 25.4. The minimum atomic E-state index is -0.432. The molecule has 2 unspecified atom stereocenters. The Morgan fingerprint density at radius 3 is 2.76 bits per heavy atom. The van der Waals surface area contributed by atoms with Crippen LogP contribution in [0.25, 0.3) is 0 Å². The summed E-state index contributed by atoms with van der Waals surface area (Å²) in [4.78, 5) is 0. The Labute approximate surface area is 127 Å². The highest BCUT2D eigenvalue weighted by Crippen LogP contribution is 2.43. The maximum atomic E-state index is 9.60. The van der Waals surface area contributed by atoms with Gasteiger partial charge in [-0.05, 0) is 62.8 Å². The van der Waals surface area contributed by atoms with Gasteiger partial charge in [-0.2, -0.15) is 0 Å². The summed E-state index contributed by atoms with van der Waals surface area (Å²) in [6.07, 6.45) is 7.20. The second kappa shape index (κ2) is 5.98. The SMILES string of the molecule is Cc1cc(C(C)O)ccc1OCC1CCC2(CCCC2)O1. The molecule has 1 aliphatic heterocycles. The van der Waals surface area contributed by atoms with Crippen molar-refractivity contribution in [2.24, 2.45) is 0 Å². The first kappa shape index (κ1) is 14.9. The third kappa shape index (κ3) is 3.24. The third-order valence-electron chi connectivity index (χ3n) is 4.96. The van der Waals surface area contributed by atoms with Gasteiger partial charge in [-0.3, -0.25) is 0 Å². The van der Waals surface area contributed by atoms with Crippen molar-refractivity contribution in [1.82, 2.24) is 0 Å². The molecule has 0 radical (unpaired) electrons. The van der Waals surface area contributed by atoms with Crippen LogP contribution in [-0.2, 0) is 4.74 Å². The van der Waals surface area contributed by atoms with Gasteiger partial charge in [0, 0.05) is 0 Å². The smallest absolute Gasteiger partial charge is 0.122 e. The highest BCUT2D eigenvalue weighted by atomic mass is 16.6. The van der Waals surface area contributed by atoms with Crippen LogP contribution >= 0.6 is 0 Å². The van der Waals surface area contributed by atoms with E-state index in [4.69, 9.17) is 9.47 Å². The number of aryl methyl sites for hydroxylation is 1. The van der Waals surface area contributed by atoms with Gasteiger partial charge in [0.05, 0.1) is 17.8 Å². The van der Waals surface area contributed by atoms with Gasteiger partial charge in [0.1, 0.15) is 12.4 Å². The number of rotatable bonds is 4. The molecule has 2 aliphatic rings. The molecule has 21 heavy (non-hydrogen) atoms. The van der Waals surface area contributed by atoms with Gasteiger partial charge in [-0.1, -0.05) is 18.9 Å². The molecule has 1 aliphatic carbocycles. The van der Waals surface area contributed by atoms with E-state index in [9.17, 15) is 5.11 Å². The van der Waals surface area contributed by atoms with E-state index in [1.54, 1.807) is 6.92 Å². The van der Waals surface area contributed by atoms with Crippen LogP contribution in [0.3, 0.4) is 0 Å². The topological polar surface area (TPSA) is 38.7 Å². The highest BCUT2D eigenvalue weighted by molar-refractivity contribution is 5.36. The third-order valence-corrected chi connectivity index (χ3v) is 4.96. The molecule has 2 atom stereocenters. The molecule has 3 heteroatoms. The quantitative estimate of drug-likeness (QED) is 0.913. The van der Waals surface area contributed by atoms with Gasteiger partial charge in [-0.15, -0.1) is 0 Å². The van der Waals surface area contributed by atoms with Crippen molar-refractivity contribution in [3.63, 3.8) is 0 Å². The fourth-order valence-corrected chi connectivity index (χ4v) is 3.68. The lowest BCUT2D eigenvalue weighted by molar-refractivity contribution is -0.0509. The van der Waals surface area contributed by atoms with Crippen molar-refractivity contribution in [3.05, 3.63) is 29.3 Å². The number of hydrogen-bond donors (Lipinski definition) is 1. The summed E-state index contributed by atoms with van der Waals surface area (Å²) in [6.45, 7) is 4.44. The summed E-state index contributed by atoms with van der Waals surface area (Å²) in [7, 11) is 0. The molecule has 1 heterocycles. The van der Waals surface area contributed by atoms with Crippen molar-refractivity contribution in [2.75, 3.05) is 6.61 Å². The van der Waals surface area contributed by atoms with Crippen LogP contribution in [0.2, 0.25) is 0 Å². The second-order valence-corrected chi connectivity index (χ2v) is 6.68. The minimum absolute atomic E-state index is 0.180. The van der Waals surface area contributed by atoms with Gasteiger partial charge >= 0.3 is 0 Å². The molecule has 1 N–H and O–H groups in total. The Hall–Kier alpha value is -1.06. The van der Waals surface area contributed by atoms with Crippen LogP contribution in [0.1, 0.15) is 62.7 Å². The van der Waals surface area contributed by atoms with E-state index in [2.05, 4.69) is 0 Å². The zero-order valence-electron chi connectivity index (χ0n) is 13.1. The molecule has 1 saturated carbocycles. The maximum absolute atomic E-state index is 9.60. The summed E-state index contributed by atoms with van der Waals surface area (Å²) in [6, 6.07) is 5.88. The molecule has 3 nitrogen and oxygen atoms in total. The van der Waals surface area contributed by atoms with Crippen molar-refractivity contribution >= 4 is 0 Å². The van der Waals surface area contributed by atoms with E-state index < -0.39 is 6.10 Å². The predicted molar refractivity (Wildman–Crippen MR) is 82.6 cm³/mol. The molecule has 3 rings (SSSR count). The van der Waals surface area contributed by atoms with Crippen molar-refractivity contribution in [2.45, 2.75) is 70.2 Å². The van der Waals surface area contributed by atoms with Crippen molar-refractivity contribution in [3.8, 4) is 5.75 Å². The van der Waals surface area contributed by atoms with E-state index in [1.807, 2.05) is 25.1 Å². The molecule has 1 spiro atoms. The van der Waals surface area contributed by atoms with Crippen LogP contribution in [0, 0.1) is 6.92 Å². The summed E-state index contributed by atoms with van der Waals surface area (Å²) >= 11 is 0. The Kier molecular flexibility index (Phi) is 4.23. The van der Waals surface area contributed by atoms with Crippen LogP contribution in [-0.4, -0.2) is 23.4 Å². The maximum Gasteiger partial charge on any atom is 0.122 e. The lowest BCUT2D eigenvalue weighted by atomic mass is 9.98. The summed E-state index contributed by atoms with van der Waals surface area (Å²) < 4.78 is 12.2. The average Bonchev–Trinajstić information content (AvgIpc) is 3.08. The molecule has 116 valence electrons. The standard InChI is InChI=1S/C18H26O3/c1-13-11-15(14(2)19)5-6-17(13)20-12-16-7-10-18(21-16)8-3-4-9-18/h5-6,11,14,16,19H,3-4,7-10,12H2,1-2H3. The largest absolute Gasteiger partial charge is 0.491 e. The van der Waals surface area contributed by atoms with Gasteiger partial charge in [0.25, 0.3) is 0 Å². The Morgan fingerprint density at radius 1 is 1.33 bits per heavy atom. The van der Waals surface area contributed by atoms with Crippen molar-refractivity contribution in [1.29, 1.82) is 0 Å². The lowest BCUT2D eigenvalue weighted by Gasteiger charge is -2.24. The van der Waals surface area contributed by atoms with Crippen LogP contribution in [0.15, 0.2) is 18.2 Å². The van der Waals surface area contributed by atoms with E-state index in [0.717, 1.165) is 23.3 Å². The average molecular weight is 290 g/mol. The zero-order chi connectivity index (χ0) is 14.9. The Morgan fingerprint density at radius 2 is 2.10 bits per heavy atom. The number of hydrogen-bond acceptors (Lipinski definition) is 3. The van der Waals surface area contributed by atoms with Crippen LogP contribution in [0.5, 0.6) is 5.75 Å². The lowest BCUT2D eigenvalue weighted by Crippen LogP contribution is -2.27.